The number of nitrogens with one attached hydrogen (secondary N) is 1. The second kappa shape index (κ2) is 8.06. The molecule has 1 aliphatic heterocycles. The molecule has 2 aromatic rings. The van der Waals surface area contributed by atoms with E-state index in [-0.39, 0.29) is 6.42 Å². The van der Waals surface area contributed by atoms with Gasteiger partial charge in [-0.2, -0.15) is 4.98 Å². The van der Waals surface area contributed by atoms with Crippen molar-refractivity contribution in [1.82, 2.24) is 15.5 Å². The molecule has 128 valence electrons. The number of carboxylic acids is 1. The summed E-state index contributed by atoms with van der Waals surface area (Å²) in [6, 6.07) is 7.25. The summed E-state index contributed by atoms with van der Waals surface area (Å²) in [7, 11) is 0. The molecule has 24 heavy (non-hydrogen) atoms. The monoisotopic (exact) mass is 329 g/mol. The Balaban J connectivity index is 1.52. The molecule has 1 aliphatic rings. The molecule has 0 unspecified atom stereocenters. The predicted molar refractivity (Wildman–Crippen MR) is 89.6 cm³/mol. The van der Waals surface area contributed by atoms with Gasteiger partial charge < -0.3 is 14.9 Å². The van der Waals surface area contributed by atoms with Crippen LogP contribution in [0.15, 0.2) is 28.8 Å². The minimum atomic E-state index is -0.835. The Bertz CT molecular complexity index is 660. The zero-order chi connectivity index (χ0) is 16.8. The third-order valence-electron chi connectivity index (χ3n) is 4.50. The number of rotatable bonds is 7. The Morgan fingerprint density at radius 2 is 2.00 bits per heavy atom. The average Bonchev–Trinajstić information content (AvgIpc) is 3.05. The number of nitrogens with zero attached hydrogens (tertiary/aromatic N) is 2. The fraction of sp³-hybridized carbons (Fsp3) is 0.500. The summed E-state index contributed by atoms with van der Waals surface area (Å²) in [6.45, 7) is 2.26. The lowest BCUT2D eigenvalue weighted by molar-refractivity contribution is -0.136. The molecule has 0 spiro atoms. The van der Waals surface area contributed by atoms with Crippen LogP contribution >= 0.6 is 0 Å². The number of aliphatic carboxylic acids is 1. The van der Waals surface area contributed by atoms with Crippen molar-refractivity contribution in [1.29, 1.82) is 0 Å². The van der Waals surface area contributed by atoms with Crippen molar-refractivity contribution in [2.75, 3.05) is 13.1 Å². The van der Waals surface area contributed by atoms with Crippen LogP contribution in [0.1, 0.15) is 37.1 Å². The zero-order valence-electron chi connectivity index (χ0n) is 13.7. The van der Waals surface area contributed by atoms with Crippen molar-refractivity contribution in [3.8, 4) is 11.4 Å². The van der Waals surface area contributed by atoms with Crippen molar-refractivity contribution >= 4 is 5.97 Å². The van der Waals surface area contributed by atoms with Gasteiger partial charge in [-0.15, -0.1) is 0 Å². The van der Waals surface area contributed by atoms with E-state index in [0.29, 0.717) is 11.7 Å². The van der Waals surface area contributed by atoms with Crippen LogP contribution < -0.4 is 5.32 Å². The molecule has 2 N–H and O–H groups in total. The number of hydrogen-bond donors (Lipinski definition) is 2. The largest absolute Gasteiger partial charge is 0.481 e. The molecule has 6 heteroatoms. The minimum absolute atomic E-state index is 0.0223. The zero-order valence-corrected chi connectivity index (χ0v) is 13.7. The Kier molecular flexibility index (Phi) is 5.59. The van der Waals surface area contributed by atoms with Crippen LogP contribution in [0.25, 0.3) is 11.4 Å². The highest BCUT2D eigenvalue weighted by atomic mass is 16.5. The van der Waals surface area contributed by atoms with Gasteiger partial charge in [0.05, 0.1) is 6.42 Å². The van der Waals surface area contributed by atoms with Gasteiger partial charge in [0.1, 0.15) is 0 Å². The number of hydrogen-bond acceptors (Lipinski definition) is 5. The lowest BCUT2D eigenvalue weighted by Gasteiger charge is -2.21. The van der Waals surface area contributed by atoms with Gasteiger partial charge in [0.15, 0.2) is 0 Å². The average molecular weight is 329 g/mol. The summed E-state index contributed by atoms with van der Waals surface area (Å²) >= 11 is 0. The van der Waals surface area contributed by atoms with Gasteiger partial charge in [0.2, 0.25) is 11.7 Å². The molecule has 1 saturated heterocycles. The molecular weight excluding hydrogens is 306 g/mol. The SMILES string of the molecule is O=C(O)Cc1ccc(-c2noc(CCCC3CCNCC3)n2)cc1. The summed E-state index contributed by atoms with van der Waals surface area (Å²) in [6.07, 6.45) is 5.64. The molecule has 3 rings (SSSR count). The van der Waals surface area contributed by atoms with Gasteiger partial charge in [-0.3, -0.25) is 4.79 Å². The van der Waals surface area contributed by atoms with Crippen LogP contribution in [-0.2, 0) is 17.6 Å². The van der Waals surface area contributed by atoms with E-state index < -0.39 is 5.97 Å². The highest BCUT2D eigenvalue weighted by molar-refractivity contribution is 5.70. The van der Waals surface area contributed by atoms with E-state index in [0.717, 1.165) is 43.0 Å². The number of carboxylic acid groups (broad SMARTS) is 1. The lowest BCUT2D eigenvalue weighted by Crippen LogP contribution is -2.27. The second-order valence-corrected chi connectivity index (χ2v) is 6.36. The number of benzene rings is 1. The third-order valence-corrected chi connectivity index (χ3v) is 4.50. The molecule has 0 bridgehead atoms. The molecule has 0 aliphatic carbocycles. The third kappa shape index (κ3) is 4.64. The molecule has 6 nitrogen and oxygen atoms in total. The Labute approximate surface area is 141 Å². The van der Waals surface area contributed by atoms with Gasteiger partial charge in [0.25, 0.3) is 0 Å². The van der Waals surface area contributed by atoms with E-state index in [4.69, 9.17) is 9.63 Å². The summed E-state index contributed by atoms with van der Waals surface area (Å²) < 4.78 is 5.34. The van der Waals surface area contributed by atoms with Crippen molar-refractivity contribution in [2.45, 2.75) is 38.5 Å². The summed E-state index contributed by atoms with van der Waals surface area (Å²) in [4.78, 5) is 15.1. The van der Waals surface area contributed by atoms with E-state index in [1.54, 1.807) is 12.1 Å². The Morgan fingerprint density at radius 3 is 2.71 bits per heavy atom. The van der Waals surface area contributed by atoms with Crippen LogP contribution in [0.2, 0.25) is 0 Å². The molecule has 0 atom stereocenters. The maximum Gasteiger partial charge on any atom is 0.307 e. The molecule has 0 saturated carbocycles. The van der Waals surface area contributed by atoms with E-state index in [2.05, 4.69) is 15.5 Å². The minimum Gasteiger partial charge on any atom is -0.481 e. The van der Waals surface area contributed by atoms with Gasteiger partial charge in [0, 0.05) is 12.0 Å². The molecular formula is C18H23N3O3. The lowest BCUT2D eigenvalue weighted by atomic mass is 9.92. The number of aromatic nitrogens is 2. The first-order chi connectivity index (χ1) is 11.7. The van der Waals surface area contributed by atoms with Crippen LogP contribution in [0.3, 0.4) is 0 Å². The van der Waals surface area contributed by atoms with Crippen LogP contribution in [0.5, 0.6) is 0 Å². The molecule has 1 fully saturated rings. The normalized spacial score (nSPS) is 15.5. The predicted octanol–water partition coefficient (Wildman–Crippen LogP) is 2.69. The van der Waals surface area contributed by atoms with Gasteiger partial charge in [-0.1, -0.05) is 29.4 Å². The molecule has 1 aromatic carbocycles. The summed E-state index contributed by atoms with van der Waals surface area (Å²) in [5, 5.41) is 16.2. The quantitative estimate of drug-likeness (QED) is 0.812. The standard InChI is InChI=1S/C18H23N3O3/c22-17(23)12-14-4-6-15(7-5-14)18-20-16(24-21-18)3-1-2-13-8-10-19-11-9-13/h4-7,13,19H,1-3,8-12H2,(H,22,23). The summed E-state index contributed by atoms with van der Waals surface area (Å²) in [5.74, 6) is 1.22. The fourth-order valence-corrected chi connectivity index (χ4v) is 3.13. The fourth-order valence-electron chi connectivity index (χ4n) is 3.13. The number of carbonyl (C=O) groups is 1. The van der Waals surface area contributed by atoms with E-state index in [1.165, 1.54) is 19.3 Å². The Morgan fingerprint density at radius 1 is 1.25 bits per heavy atom. The first-order valence-electron chi connectivity index (χ1n) is 8.55. The van der Waals surface area contributed by atoms with E-state index in [1.807, 2.05) is 12.1 Å². The van der Waals surface area contributed by atoms with Crippen molar-refractivity contribution in [3.05, 3.63) is 35.7 Å². The first-order valence-corrected chi connectivity index (χ1v) is 8.55. The smallest absolute Gasteiger partial charge is 0.307 e. The van der Waals surface area contributed by atoms with E-state index >= 15 is 0 Å². The second-order valence-electron chi connectivity index (χ2n) is 6.36. The number of aryl methyl sites for hydroxylation is 1. The van der Waals surface area contributed by atoms with Gasteiger partial charge in [-0.25, -0.2) is 0 Å². The van der Waals surface area contributed by atoms with Crippen LogP contribution in [0.4, 0.5) is 0 Å². The maximum absolute atomic E-state index is 10.7. The van der Waals surface area contributed by atoms with Gasteiger partial charge in [-0.05, 0) is 50.3 Å². The molecule has 2 heterocycles. The molecule has 1 aromatic heterocycles. The first kappa shape index (κ1) is 16.6. The van der Waals surface area contributed by atoms with E-state index in [9.17, 15) is 4.79 Å². The van der Waals surface area contributed by atoms with Crippen molar-refractivity contribution in [2.24, 2.45) is 5.92 Å². The highest BCUT2D eigenvalue weighted by Gasteiger charge is 2.14. The maximum atomic E-state index is 10.7. The Hall–Kier alpha value is -2.21. The van der Waals surface area contributed by atoms with Crippen LogP contribution in [-0.4, -0.2) is 34.3 Å². The summed E-state index contributed by atoms with van der Waals surface area (Å²) in [5.41, 5.74) is 1.61. The van der Waals surface area contributed by atoms with Crippen molar-refractivity contribution < 1.29 is 14.4 Å². The van der Waals surface area contributed by atoms with Gasteiger partial charge >= 0.3 is 5.97 Å². The molecule has 0 radical (unpaired) electrons. The van der Waals surface area contributed by atoms with Crippen LogP contribution in [0, 0.1) is 5.92 Å². The molecule has 0 amide bonds. The topological polar surface area (TPSA) is 88.2 Å². The number of piperidine rings is 1. The highest BCUT2D eigenvalue weighted by Crippen LogP contribution is 2.20. The van der Waals surface area contributed by atoms with Crippen molar-refractivity contribution in [3.63, 3.8) is 0 Å².